The van der Waals surface area contributed by atoms with Gasteiger partial charge < -0.3 is 4.90 Å². The maximum Gasteiger partial charge on any atom is 0.256 e. The summed E-state index contributed by atoms with van der Waals surface area (Å²) >= 11 is 0. The zero-order valence-corrected chi connectivity index (χ0v) is 9.20. The molecule has 0 saturated carbocycles. The van der Waals surface area contributed by atoms with Crippen molar-refractivity contribution in [3.05, 3.63) is 29.8 Å². The van der Waals surface area contributed by atoms with E-state index in [4.69, 9.17) is 0 Å². The van der Waals surface area contributed by atoms with Crippen LogP contribution in [-0.2, 0) is 0 Å². The van der Waals surface area contributed by atoms with Crippen LogP contribution >= 0.6 is 0 Å². The molecule has 15 heavy (non-hydrogen) atoms. The fraction of sp³-hybridized carbons (Fsp3) is 0.455. The zero-order chi connectivity index (χ0) is 11.4. The molecule has 0 atom stereocenters. The van der Waals surface area contributed by atoms with Gasteiger partial charge in [0, 0.05) is 19.8 Å². The second kappa shape index (κ2) is 4.87. The molecule has 1 aromatic heterocycles. The molecule has 0 fully saturated rings. The van der Waals surface area contributed by atoms with Crippen LogP contribution in [0.3, 0.4) is 0 Å². The molecule has 0 spiro atoms. The Hall–Kier alpha value is -1.45. The van der Waals surface area contributed by atoms with Gasteiger partial charge in [0.15, 0.2) is 5.82 Å². The number of rotatable bonds is 3. The van der Waals surface area contributed by atoms with Crippen molar-refractivity contribution in [1.29, 1.82) is 0 Å². The molecule has 3 nitrogen and oxygen atoms in total. The van der Waals surface area contributed by atoms with Gasteiger partial charge in [0.1, 0.15) is 0 Å². The topological polar surface area (TPSA) is 33.2 Å². The molecule has 0 bridgehead atoms. The summed E-state index contributed by atoms with van der Waals surface area (Å²) < 4.78 is 13.2. The lowest BCUT2D eigenvalue weighted by Gasteiger charge is -2.19. The molecule has 0 N–H and O–H groups in total. The third-order valence-corrected chi connectivity index (χ3v) is 1.99. The summed E-state index contributed by atoms with van der Waals surface area (Å²) in [5, 5.41) is 0. The highest BCUT2D eigenvalue weighted by molar-refractivity contribution is 5.94. The smallest absolute Gasteiger partial charge is 0.256 e. The van der Waals surface area contributed by atoms with Gasteiger partial charge in [-0.2, -0.15) is 0 Å². The normalized spacial score (nSPS) is 10.5. The van der Waals surface area contributed by atoms with Crippen molar-refractivity contribution < 1.29 is 9.18 Å². The van der Waals surface area contributed by atoms with Gasteiger partial charge in [0.25, 0.3) is 5.91 Å². The summed E-state index contributed by atoms with van der Waals surface area (Å²) in [5.74, 6) is -0.509. The Kier molecular flexibility index (Phi) is 3.77. The fourth-order valence-corrected chi connectivity index (χ4v) is 1.38. The number of nitrogens with zero attached hydrogens (tertiary/aromatic N) is 2. The predicted molar refractivity (Wildman–Crippen MR) is 56.0 cm³/mol. The van der Waals surface area contributed by atoms with E-state index in [1.165, 1.54) is 17.2 Å². The van der Waals surface area contributed by atoms with Gasteiger partial charge in [-0.05, 0) is 12.0 Å². The molecule has 0 aliphatic rings. The first kappa shape index (κ1) is 11.6. The van der Waals surface area contributed by atoms with Crippen LogP contribution in [0.4, 0.5) is 4.39 Å². The molecule has 0 radical (unpaired) electrons. The van der Waals surface area contributed by atoms with E-state index in [1.54, 1.807) is 7.05 Å². The minimum absolute atomic E-state index is 0.0770. The second-order valence-electron chi connectivity index (χ2n) is 3.94. The van der Waals surface area contributed by atoms with Crippen LogP contribution < -0.4 is 0 Å². The Morgan fingerprint density at radius 3 is 2.80 bits per heavy atom. The Bertz CT molecular complexity index is 352. The van der Waals surface area contributed by atoms with Crippen LogP contribution in [0, 0.1) is 11.7 Å². The van der Waals surface area contributed by atoms with E-state index in [0.29, 0.717) is 12.5 Å². The number of hydrogen-bond donors (Lipinski definition) is 0. The number of amides is 1. The molecule has 82 valence electrons. The Morgan fingerprint density at radius 2 is 2.27 bits per heavy atom. The van der Waals surface area contributed by atoms with Crippen molar-refractivity contribution in [1.82, 2.24) is 9.88 Å². The molecule has 1 aromatic rings. The standard InChI is InChI=1S/C11H15FN2O/c1-8(2)7-14(3)11(15)9-4-5-13-6-10(9)12/h4-6,8H,7H2,1-3H3. The van der Waals surface area contributed by atoms with Crippen molar-refractivity contribution in [2.24, 2.45) is 5.92 Å². The maximum absolute atomic E-state index is 13.2. The predicted octanol–water partition coefficient (Wildman–Crippen LogP) is 1.95. The number of aromatic nitrogens is 1. The number of hydrogen-bond acceptors (Lipinski definition) is 2. The third-order valence-electron chi connectivity index (χ3n) is 1.99. The van der Waals surface area contributed by atoms with E-state index < -0.39 is 5.82 Å². The van der Waals surface area contributed by atoms with Crippen molar-refractivity contribution in [3.8, 4) is 0 Å². The fourth-order valence-electron chi connectivity index (χ4n) is 1.38. The first-order valence-corrected chi connectivity index (χ1v) is 4.87. The van der Waals surface area contributed by atoms with Crippen LogP contribution in [0.15, 0.2) is 18.5 Å². The lowest BCUT2D eigenvalue weighted by molar-refractivity contribution is 0.0774. The van der Waals surface area contributed by atoms with E-state index in [9.17, 15) is 9.18 Å². The number of carbonyl (C=O) groups excluding carboxylic acids is 1. The summed E-state index contributed by atoms with van der Waals surface area (Å²) in [5.41, 5.74) is 0.0770. The summed E-state index contributed by atoms with van der Waals surface area (Å²) in [6.45, 7) is 4.62. The molecule has 1 heterocycles. The summed E-state index contributed by atoms with van der Waals surface area (Å²) in [4.78, 5) is 16.9. The van der Waals surface area contributed by atoms with E-state index in [-0.39, 0.29) is 11.5 Å². The summed E-state index contributed by atoms with van der Waals surface area (Å²) in [6, 6.07) is 1.40. The quantitative estimate of drug-likeness (QED) is 0.764. The van der Waals surface area contributed by atoms with Gasteiger partial charge in [0.2, 0.25) is 0 Å². The SMILES string of the molecule is CC(C)CN(C)C(=O)c1ccncc1F. The molecule has 0 saturated heterocycles. The van der Waals surface area contributed by atoms with Crippen molar-refractivity contribution in [2.45, 2.75) is 13.8 Å². The van der Waals surface area contributed by atoms with Crippen LogP contribution in [0.5, 0.6) is 0 Å². The highest BCUT2D eigenvalue weighted by Gasteiger charge is 2.16. The van der Waals surface area contributed by atoms with E-state index in [2.05, 4.69) is 4.98 Å². The number of halogens is 1. The van der Waals surface area contributed by atoms with Gasteiger partial charge in [-0.15, -0.1) is 0 Å². The van der Waals surface area contributed by atoms with Gasteiger partial charge in [0.05, 0.1) is 11.8 Å². The van der Waals surface area contributed by atoms with Crippen LogP contribution in [-0.4, -0.2) is 29.4 Å². The minimum atomic E-state index is -0.571. The van der Waals surface area contributed by atoms with E-state index in [0.717, 1.165) is 6.20 Å². The average molecular weight is 210 g/mol. The van der Waals surface area contributed by atoms with Crippen molar-refractivity contribution in [2.75, 3.05) is 13.6 Å². The van der Waals surface area contributed by atoms with Gasteiger partial charge in [-0.25, -0.2) is 4.39 Å². The lowest BCUT2D eigenvalue weighted by atomic mass is 10.2. The molecule has 0 aliphatic heterocycles. The zero-order valence-electron chi connectivity index (χ0n) is 9.20. The minimum Gasteiger partial charge on any atom is -0.341 e. The first-order chi connectivity index (χ1) is 7.02. The summed E-state index contributed by atoms with van der Waals surface area (Å²) in [6.07, 6.45) is 2.47. The second-order valence-corrected chi connectivity index (χ2v) is 3.94. The first-order valence-electron chi connectivity index (χ1n) is 4.87. The van der Waals surface area contributed by atoms with E-state index >= 15 is 0 Å². The monoisotopic (exact) mass is 210 g/mol. The molecular formula is C11H15FN2O. The van der Waals surface area contributed by atoms with Crippen LogP contribution in [0.25, 0.3) is 0 Å². The Labute approximate surface area is 88.9 Å². The van der Waals surface area contributed by atoms with Gasteiger partial charge in [-0.1, -0.05) is 13.8 Å². The average Bonchev–Trinajstić information content (AvgIpc) is 2.16. The lowest BCUT2D eigenvalue weighted by Crippen LogP contribution is -2.30. The number of pyridine rings is 1. The molecule has 0 aliphatic carbocycles. The third kappa shape index (κ3) is 3.01. The van der Waals surface area contributed by atoms with Crippen molar-refractivity contribution in [3.63, 3.8) is 0 Å². The summed E-state index contributed by atoms with van der Waals surface area (Å²) in [7, 11) is 1.67. The molecule has 0 unspecified atom stereocenters. The number of carbonyl (C=O) groups is 1. The highest BCUT2D eigenvalue weighted by atomic mass is 19.1. The van der Waals surface area contributed by atoms with Gasteiger partial charge in [-0.3, -0.25) is 9.78 Å². The van der Waals surface area contributed by atoms with Crippen molar-refractivity contribution >= 4 is 5.91 Å². The highest BCUT2D eigenvalue weighted by Crippen LogP contribution is 2.08. The maximum atomic E-state index is 13.2. The molecule has 0 aromatic carbocycles. The Balaban J connectivity index is 2.81. The molecule has 1 rings (SSSR count). The van der Waals surface area contributed by atoms with E-state index in [1.807, 2.05) is 13.8 Å². The van der Waals surface area contributed by atoms with Crippen LogP contribution in [0.1, 0.15) is 24.2 Å². The Morgan fingerprint density at radius 1 is 1.60 bits per heavy atom. The van der Waals surface area contributed by atoms with Crippen LogP contribution in [0.2, 0.25) is 0 Å². The molecule has 1 amide bonds. The molecule has 4 heteroatoms. The van der Waals surface area contributed by atoms with Gasteiger partial charge >= 0.3 is 0 Å². The largest absolute Gasteiger partial charge is 0.341 e. The molecular weight excluding hydrogens is 195 g/mol.